The van der Waals surface area contributed by atoms with E-state index in [1.54, 1.807) is 7.11 Å². The third-order valence-electron chi connectivity index (χ3n) is 4.94. The van der Waals surface area contributed by atoms with Crippen molar-refractivity contribution < 1.29 is 9.84 Å². The zero-order chi connectivity index (χ0) is 20.2. The van der Waals surface area contributed by atoms with Crippen LogP contribution in [0.25, 0.3) is 0 Å². The Kier molecular flexibility index (Phi) is 9.77. The van der Waals surface area contributed by atoms with Crippen molar-refractivity contribution in [2.75, 3.05) is 20.3 Å². The molecular formula is C25H34O2. The SMILES string of the molecule is C=CCC(C)(CO)c1ccccc1.C=CCC(C)(COC)c1ccccc1. The fourth-order valence-electron chi connectivity index (χ4n) is 3.17. The number of allylic oxidation sites excluding steroid dienone is 2. The molecule has 0 fully saturated rings. The van der Waals surface area contributed by atoms with E-state index in [0.717, 1.165) is 25.0 Å². The first kappa shape index (κ1) is 22.9. The fourth-order valence-corrected chi connectivity index (χ4v) is 3.17. The van der Waals surface area contributed by atoms with Crippen LogP contribution in [-0.4, -0.2) is 25.4 Å². The number of aliphatic hydroxyl groups is 1. The Labute approximate surface area is 165 Å². The third-order valence-corrected chi connectivity index (χ3v) is 4.94. The number of aliphatic hydroxyl groups excluding tert-OH is 1. The lowest BCUT2D eigenvalue weighted by Gasteiger charge is -2.28. The number of hydrogen-bond donors (Lipinski definition) is 1. The van der Waals surface area contributed by atoms with E-state index in [2.05, 4.69) is 44.3 Å². The van der Waals surface area contributed by atoms with Crippen molar-refractivity contribution in [1.29, 1.82) is 0 Å². The number of benzene rings is 2. The van der Waals surface area contributed by atoms with Crippen molar-refractivity contribution in [3.63, 3.8) is 0 Å². The highest BCUT2D eigenvalue weighted by Crippen LogP contribution is 2.28. The van der Waals surface area contributed by atoms with Crippen LogP contribution in [0.1, 0.15) is 37.8 Å². The van der Waals surface area contributed by atoms with Gasteiger partial charge in [0.05, 0.1) is 13.2 Å². The van der Waals surface area contributed by atoms with Crippen LogP contribution in [0.3, 0.4) is 0 Å². The zero-order valence-electron chi connectivity index (χ0n) is 17.0. The molecule has 2 nitrogen and oxygen atoms in total. The quantitative estimate of drug-likeness (QED) is 0.579. The maximum atomic E-state index is 9.32. The van der Waals surface area contributed by atoms with Crippen molar-refractivity contribution in [3.05, 3.63) is 97.1 Å². The molecule has 27 heavy (non-hydrogen) atoms. The molecule has 2 unspecified atom stereocenters. The molecule has 0 aliphatic carbocycles. The van der Waals surface area contributed by atoms with E-state index in [4.69, 9.17) is 4.74 Å². The van der Waals surface area contributed by atoms with E-state index in [9.17, 15) is 5.11 Å². The van der Waals surface area contributed by atoms with Crippen molar-refractivity contribution in [3.8, 4) is 0 Å². The Morgan fingerprint density at radius 2 is 1.22 bits per heavy atom. The standard InChI is InChI=1S/C13H18O.C12H16O/c1-4-10-13(2,11-14-3)12-8-6-5-7-9-12;1-3-9-12(2,10-13)11-7-5-4-6-8-11/h4-9H,1,10-11H2,2-3H3;3-8,13H,1,9-10H2,2H3. The molecule has 0 aliphatic heterocycles. The van der Waals surface area contributed by atoms with E-state index < -0.39 is 0 Å². The molecule has 2 heteroatoms. The lowest BCUT2D eigenvalue weighted by atomic mass is 9.80. The molecule has 0 saturated carbocycles. The minimum absolute atomic E-state index is 0.0533. The van der Waals surface area contributed by atoms with Gasteiger partial charge in [0, 0.05) is 17.9 Å². The number of rotatable bonds is 9. The Hall–Kier alpha value is -2.16. The molecule has 2 rings (SSSR count). The van der Waals surface area contributed by atoms with Crippen molar-refractivity contribution in [2.24, 2.45) is 0 Å². The predicted octanol–water partition coefficient (Wildman–Crippen LogP) is 5.68. The van der Waals surface area contributed by atoms with Gasteiger partial charge in [0.1, 0.15) is 0 Å². The largest absolute Gasteiger partial charge is 0.395 e. The van der Waals surface area contributed by atoms with Crippen LogP contribution in [0.5, 0.6) is 0 Å². The second-order valence-electron chi connectivity index (χ2n) is 7.43. The second kappa shape index (κ2) is 11.5. The van der Waals surface area contributed by atoms with E-state index >= 15 is 0 Å². The summed E-state index contributed by atoms with van der Waals surface area (Å²) < 4.78 is 5.27. The number of hydrogen-bond acceptors (Lipinski definition) is 2. The van der Waals surface area contributed by atoms with Gasteiger partial charge < -0.3 is 9.84 Å². The van der Waals surface area contributed by atoms with Gasteiger partial charge in [0.2, 0.25) is 0 Å². The summed E-state index contributed by atoms with van der Waals surface area (Å²) in [5, 5.41) is 9.32. The summed E-state index contributed by atoms with van der Waals surface area (Å²) in [6.45, 7) is 12.6. The van der Waals surface area contributed by atoms with E-state index in [1.165, 1.54) is 5.56 Å². The normalized spacial score (nSPS) is 14.8. The van der Waals surface area contributed by atoms with Crippen molar-refractivity contribution in [1.82, 2.24) is 0 Å². The summed E-state index contributed by atoms with van der Waals surface area (Å²) in [4.78, 5) is 0. The van der Waals surface area contributed by atoms with Gasteiger partial charge in [-0.25, -0.2) is 0 Å². The maximum absolute atomic E-state index is 9.32. The minimum atomic E-state index is -0.178. The number of methoxy groups -OCH3 is 1. The summed E-state index contributed by atoms with van der Waals surface area (Å²) in [7, 11) is 1.74. The van der Waals surface area contributed by atoms with Crippen LogP contribution in [0.2, 0.25) is 0 Å². The van der Waals surface area contributed by atoms with Gasteiger partial charge in [-0.3, -0.25) is 0 Å². The average molecular weight is 367 g/mol. The first-order valence-electron chi connectivity index (χ1n) is 9.38. The Morgan fingerprint density at radius 3 is 1.59 bits per heavy atom. The van der Waals surface area contributed by atoms with Crippen LogP contribution in [0, 0.1) is 0 Å². The van der Waals surface area contributed by atoms with Crippen LogP contribution >= 0.6 is 0 Å². The molecule has 0 bridgehead atoms. The smallest absolute Gasteiger partial charge is 0.0559 e. The van der Waals surface area contributed by atoms with Crippen LogP contribution in [0.15, 0.2) is 86.0 Å². The van der Waals surface area contributed by atoms with Gasteiger partial charge in [-0.1, -0.05) is 86.7 Å². The second-order valence-corrected chi connectivity index (χ2v) is 7.43. The third kappa shape index (κ3) is 6.82. The van der Waals surface area contributed by atoms with E-state index in [1.807, 2.05) is 55.5 Å². The van der Waals surface area contributed by atoms with E-state index in [-0.39, 0.29) is 17.4 Å². The molecule has 0 spiro atoms. The predicted molar refractivity (Wildman–Crippen MR) is 116 cm³/mol. The molecule has 0 saturated heterocycles. The number of ether oxygens (including phenoxy) is 1. The molecule has 0 amide bonds. The minimum Gasteiger partial charge on any atom is -0.395 e. The summed E-state index contributed by atoms with van der Waals surface area (Å²) in [6.07, 6.45) is 5.54. The molecule has 2 atom stereocenters. The molecule has 0 heterocycles. The molecule has 2 aromatic carbocycles. The zero-order valence-corrected chi connectivity index (χ0v) is 17.0. The van der Waals surface area contributed by atoms with Crippen LogP contribution in [0.4, 0.5) is 0 Å². The first-order chi connectivity index (χ1) is 13.0. The van der Waals surface area contributed by atoms with Gasteiger partial charge in [-0.05, 0) is 24.0 Å². The highest BCUT2D eigenvalue weighted by Gasteiger charge is 2.25. The van der Waals surface area contributed by atoms with Gasteiger partial charge in [-0.2, -0.15) is 0 Å². The lowest BCUT2D eigenvalue weighted by molar-refractivity contribution is 0.139. The van der Waals surface area contributed by atoms with Crippen molar-refractivity contribution >= 4 is 0 Å². The van der Waals surface area contributed by atoms with Gasteiger partial charge >= 0.3 is 0 Å². The molecule has 2 aromatic rings. The summed E-state index contributed by atoms with van der Waals surface area (Å²) >= 11 is 0. The fraction of sp³-hybridized carbons (Fsp3) is 0.360. The highest BCUT2D eigenvalue weighted by atomic mass is 16.5. The Balaban J connectivity index is 0.000000271. The maximum Gasteiger partial charge on any atom is 0.0559 e. The topological polar surface area (TPSA) is 29.5 Å². The molecule has 0 aromatic heterocycles. The van der Waals surface area contributed by atoms with Gasteiger partial charge in [-0.15, -0.1) is 13.2 Å². The Morgan fingerprint density at radius 1 is 0.815 bits per heavy atom. The molecule has 1 N–H and O–H groups in total. The van der Waals surface area contributed by atoms with Crippen LogP contribution in [-0.2, 0) is 15.6 Å². The molecular weight excluding hydrogens is 332 g/mol. The summed E-state index contributed by atoms with van der Waals surface area (Å²) in [6, 6.07) is 20.5. The highest BCUT2D eigenvalue weighted by molar-refractivity contribution is 5.26. The molecule has 146 valence electrons. The Bertz CT molecular complexity index is 665. The lowest BCUT2D eigenvalue weighted by Crippen LogP contribution is -2.27. The summed E-state index contributed by atoms with van der Waals surface area (Å²) in [5.74, 6) is 0. The summed E-state index contributed by atoms with van der Waals surface area (Å²) in [5.41, 5.74) is 2.35. The average Bonchev–Trinajstić information content (AvgIpc) is 2.70. The monoisotopic (exact) mass is 366 g/mol. The van der Waals surface area contributed by atoms with Gasteiger partial charge in [0.25, 0.3) is 0 Å². The molecule has 0 radical (unpaired) electrons. The van der Waals surface area contributed by atoms with Crippen LogP contribution < -0.4 is 0 Å². The first-order valence-corrected chi connectivity index (χ1v) is 9.38. The van der Waals surface area contributed by atoms with Gasteiger partial charge in [0.15, 0.2) is 0 Å². The van der Waals surface area contributed by atoms with E-state index in [0.29, 0.717) is 0 Å². The molecule has 0 aliphatic rings. The van der Waals surface area contributed by atoms with Crippen molar-refractivity contribution in [2.45, 2.75) is 37.5 Å².